The minimum Gasteiger partial charge on any atom is -0.352 e. The molecule has 0 spiro atoms. The molecule has 25 heavy (non-hydrogen) atoms. The predicted molar refractivity (Wildman–Crippen MR) is 101 cm³/mol. The van der Waals surface area contributed by atoms with Gasteiger partial charge >= 0.3 is 0 Å². The highest BCUT2D eigenvalue weighted by atomic mass is 32.2. The summed E-state index contributed by atoms with van der Waals surface area (Å²) >= 11 is 1.92. The Balaban J connectivity index is 1.31. The Bertz CT molecular complexity index is 645. The smallest absolute Gasteiger partial charge is 0.254 e. The van der Waals surface area contributed by atoms with Crippen LogP contribution < -0.4 is 5.32 Å². The van der Waals surface area contributed by atoms with Gasteiger partial charge in [0.05, 0.1) is 5.56 Å². The molecule has 0 unspecified atom stereocenters. The molecule has 1 N–H and O–H groups in total. The summed E-state index contributed by atoms with van der Waals surface area (Å²) < 4.78 is 0. The minimum absolute atomic E-state index is 0.0812. The summed E-state index contributed by atoms with van der Waals surface area (Å²) in [5, 5.41) is 3.01. The normalized spacial score (nSPS) is 15.8. The molecule has 2 aromatic rings. The van der Waals surface area contributed by atoms with E-state index in [1.807, 2.05) is 11.8 Å². The van der Waals surface area contributed by atoms with Crippen molar-refractivity contribution in [3.05, 3.63) is 54.6 Å². The third-order valence-corrected chi connectivity index (χ3v) is 5.49. The summed E-state index contributed by atoms with van der Waals surface area (Å²) in [7, 11) is 0. The number of rotatable bonds is 7. The fourth-order valence-corrected chi connectivity index (χ4v) is 3.91. The summed E-state index contributed by atoms with van der Waals surface area (Å²) in [6.07, 6.45) is 6.82. The van der Waals surface area contributed by atoms with Crippen LogP contribution in [0.1, 0.15) is 23.2 Å². The zero-order valence-corrected chi connectivity index (χ0v) is 15.1. The summed E-state index contributed by atoms with van der Waals surface area (Å²) in [6.45, 7) is 4.09. The maximum absolute atomic E-state index is 12.0. The van der Waals surface area contributed by atoms with Crippen LogP contribution in [0, 0.1) is 5.92 Å². The fourth-order valence-electron chi connectivity index (χ4n) is 2.98. The lowest BCUT2D eigenvalue weighted by molar-refractivity contribution is 0.0936. The van der Waals surface area contributed by atoms with Crippen LogP contribution in [0.15, 0.2) is 53.9 Å². The van der Waals surface area contributed by atoms with Gasteiger partial charge in [-0.1, -0.05) is 18.2 Å². The van der Waals surface area contributed by atoms with Crippen LogP contribution in [0.4, 0.5) is 0 Å². The molecule has 3 rings (SSSR count). The van der Waals surface area contributed by atoms with Crippen molar-refractivity contribution in [2.45, 2.75) is 17.7 Å². The van der Waals surface area contributed by atoms with Crippen LogP contribution in [0.5, 0.6) is 0 Å². The number of amides is 1. The molecule has 2 heterocycles. The van der Waals surface area contributed by atoms with Gasteiger partial charge in [0.1, 0.15) is 6.33 Å². The van der Waals surface area contributed by atoms with Crippen molar-refractivity contribution in [3.63, 3.8) is 0 Å². The topological polar surface area (TPSA) is 58.1 Å². The van der Waals surface area contributed by atoms with Gasteiger partial charge in [-0.05, 0) is 44.0 Å². The molecule has 0 aliphatic carbocycles. The molecule has 1 aromatic heterocycles. The van der Waals surface area contributed by atoms with E-state index in [0.717, 1.165) is 44.8 Å². The molecule has 6 heteroatoms. The second-order valence-electron chi connectivity index (χ2n) is 6.28. The Kier molecular flexibility index (Phi) is 6.82. The van der Waals surface area contributed by atoms with Crippen molar-refractivity contribution in [3.8, 4) is 0 Å². The quantitative estimate of drug-likeness (QED) is 0.773. The van der Waals surface area contributed by atoms with Gasteiger partial charge in [-0.25, -0.2) is 9.97 Å². The van der Waals surface area contributed by atoms with Crippen LogP contribution in [0.2, 0.25) is 0 Å². The van der Waals surface area contributed by atoms with Gasteiger partial charge in [0.15, 0.2) is 0 Å². The molecule has 132 valence electrons. The minimum atomic E-state index is -0.0812. The van der Waals surface area contributed by atoms with Gasteiger partial charge in [0.25, 0.3) is 5.91 Å². The van der Waals surface area contributed by atoms with Gasteiger partial charge in [0.2, 0.25) is 0 Å². The molecule has 0 saturated carbocycles. The molecule has 1 aliphatic heterocycles. The molecule has 1 fully saturated rings. The van der Waals surface area contributed by atoms with Crippen molar-refractivity contribution < 1.29 is 4.79 Å². The third-order valence-electron chi connectivity index (χ3n) is 4.50. The Hall–Kier alpha value is -1.92. The Morgan fingerprint density at radius 3 is 2.60 bits per heavy atom. The van der Waals surface area contributed by atoms with Gasteiger partial charge in [-0.15, -0.1) is 11.8 Å². The van der Waals surface area contributed by atoms with Crippen molar-refractivity contribution in [2.75, 3.05) is 31.9 Å². The van der Waals surface area contributed by atoms with E-state index in [1.54, 1.807) is 12.4 Å². The molecule has 1 amide bonds. The largest absolute Gasteiger partial charge is 0.352 e. The van der Waals surface area contributed by atoms with Crippen LogP contribution in [0.3, 0.4) is 0 Å². The fraction of sp³-hybridized carbons (Fsp3) is 0.421. The Labute approximate surface area is 153 Å². The van der Waals surface area contributed by atoms with Crippen molar-refractivity contribution in [2.24, 2.45) is 5.92 Å². The molecular weight excluding hydrogens is 332 g/mol. The van der Waals surface area contributed by atoms with E-state index >= 15 is 0 Å². The highest BCUT2D eigenvalue weighted by Gasteiger charge is 2.19. The highest BCUT2D eigenvalue weighted by Crippen LogP contribution is 2.20. The Morgan fingerprint density at radius 1 is 1.16 bits per heavy atom. The summed E-state index contributed by atoms with van der Waals surface area (Å²) in [5.74, 6) is 1.60. The van der Waals surface area contributed by atoms with Crippen LogP contribution in [0.25, 0.3) is 0 Å². The van der Waals surface area contributed by atoms with Crippen LogP contribution >= 0.6 is 11.8 Å². The standard InChI is InChI=1S/C19H24N4OS/c24-19(17-13-20-15-21-14-17)22-12-16-6-8-23(9-7-16)10-11-25-18-4-2-1-3-5-18/h1-5,13-16H,6-12H2,(H,22,24). The number of piperidine rings is 1. The van der Waals surface area contributed by atoms with E-state index in [4.69, 9.17) is 0 Å². The van der Waals surface area contributed by atoms with Crippen LogP contribution in [-0.2, 0) is 0 Å². The number of carbonyl (C=O) groups is 1. The predicted octanol–water partition coefficient (Wildman–Crippen LogP) is 2.71. The Morgan fingerprint density at radius 2 is 1.88 bits per heavy atom. The van der Waals surface area contributed by atoms with Crippen molar-refractivity contribution >= 4 is 17.7 Å². The first-order valence-corrected chi connectivity index (χ1v) is 9.73. The summed E-state index contributed by atoms with van der Waals surface area (Å²) in [6, 6.07) is 10.6. The molecule has 0 radical (unpaired) electrons. The molecule has 1 aromatic carbocycles. The van der Waals surface area contributed by atoms with E-state index in [1.165, 1.54) is 11.2 Å². The summed E-state index contributed by atoms with van der Waals surface area (Å²) in [4.78, 5) is 23.6. The number of likely N-dealkylation sites (tertiary alicyclic amines) is 1. The van der Waals surface area contributed by atoms with Crippen molar-refractivity contribution in [1.29, 1.82) is 0 Å². The first-order valence-electron chi connectivity index (χ1n) is 8.74. The van der Waals surface area contributed by atoms with Gasteiger partial charge in [-0.3, -0.25) is 4.79 Å². The van der Waals surface area contributed by atoms with Gasteiger partial charge in [0, 0.05) is 36.1 Å². The lowest BCUT2D eigenvalue weighted by Crippen LogP contribution is -2.39. The number of carbonyl (C=O) groups excluding carboxylic acids is 1. The average Bonchev–Trinajstić information content (AvgIpc) is 2.68. The van der Waals surface area contributed by atoms with Crippen molar-refractivity contribution in [1.82, 2.24) is 20.2 Å². The number of hydrogen-bond acceptors (Lipinski definition) is 5. The first kappa shape index (κ1) is 17.9. The molecule has 0 bridgehead atoms. The number of hydrogen-bond donors (Lipinski definition) is 1. The zero-order valence-electron chi connectivity index (χ0n) is 14.3. The second kappa shape index (κ2) is 9.53. The van der Waals surface area contributed by atoms with E-state index < -0.39 is 0 Å². The maximum Gasteiger partial charge on any atom is 0.254 e. The maximum atomic E-state index is 12.0. The average molecular weight is 356 g/mol. The molecule has 5 nitrogen and oxygen atoms in total. The first-order chi connectivity index (χ1) is 12.3. The number of nitrogens with one attached hydrogen (secondary N) is 1. The monoisotopic (exact) mass is 356 g/mol. The summed E-state index contributed by atoms with van der Waals surface area (Å²) in [5.41, 5.74) is 0.526. The third kappa shape index (κ3) is 5.83. The van der Waals surface area contributed by atoms with Gasteiger partial charge < -0.3 is 10.2 Å². The van der Waals surface area contributed by atoms with E-state index in [2.05, 4.69) is 50.5 Å². The number of nitrogens with zero attached hydrogens (tertiary/aromatic N) is 3. The van der Waals surface area contributed by atoms with E-state index in [0.29, 0.717) is 11.5 Å². The lowest BCUT2D eigenvalue weighted by atomic mass is 9.97. The number of thioether (sulfide) groups is 1. The number of aromatic nitrogens is 2. The van der Waals surface area contributed by atoms with E-state index in [-0.39, 0.29) is 5.91 Å². The lowest BCUT2D eigenvalue weighted by Gasteiger charge is -2.31. The molecule has 1 saturated heterocycles. The second-order valence-corrected chi connectivity index (χ2v) is 7.45. The highest BCUT2D eigenvalue weighted by molar-refractivity contribution is 7.99. The van der Waals surface area contributed by atoms with E-state index in [9.17, 15) is 4.79 Å². The SMILES string of the molecule is O=C(NCC1CCN(CCSc2ccccc2)CC1)c1cncnc1. The molecule has 0 atom stereocenters. The molecular formula is C19H24N4OS. The molecule has 1 aliphatic rings. The number of benzene rings is 1. The van der Waals surface area contributed by atoms with Gasteiger partial charge in [-0.2, -0.15) is 0 Å². The zero-order chi connectivity index (χ0) is 17.3. The van der Waals surface area contributed by atoms with Crippen LogP contribution in [-0.4, -0.2) is 52.7 Å².